The Bertz CT molecular complexity index is 350. The molecule has 15 heavy (non-hydrogen) atoms. The van der Waals surface area contributed by atoms with Crippen LogP contribution in [0.1, 0.15) is 17.0 Å². The van der Waals surface area contributed by atoms with Gasteiger partial charge in [0, 0.05) is 19.0 Å². The van der Waals surface area contributed by atoms with Crippen LogP contribution in [0.5, 0.6) is 5.75 Å². The molecule has 1 heterocycles. The molecule has 0 bridgehead atoms. The molecule has 82 valence electrons. The smallest absolute Gasteiger partial charge is 0.387 e. The fourth-order valence-electron chi connectivity index (χ4n) is 1.62. The lowest BCUT2D eigenvalue weighted by atomic mass is 9.93. The van der Waals surface area contributed by atoms with E-state index in [9.17, 15) is 8.78 Å². The molecule has 1 aliphatic rings. The van der Waals surface area contributed by atoms with Crippen LogP contribution in [-0.4, -0.2) is 19.7 Å². The number of ether oxygens (including phenoxy) is 1. The highest BCUT2D eigenvalue weighted by molar-refractivity contribution is 5.39. The van der Waals surface area contributed by atoms with Crippen molar-refractivity contribution in [1.82, 2.24) is 5.32 Å². The topological polar surface area (TPSA) is 21.3 Å². The first-order valence-corrected chi connectivity index (χ1v) is 4.93. The first-order chi connectivity index (χ1) is 7.16. The Labute approximate surface area is 87.2 Å². The minimum absolute atomic E-state index is 0.286. The molecule has 1 aromatic carbocycles. The summed E-state index contributed by atoms with van der Waals surface area (Å²) in [5, 5.41) is 3.15. The maximum atomic E-state index is 12.1. The third-order valence-electron chi connectivity index (χ3n) is 2.68. The van der Waals surface area contributed by atoms with Gasteiger partial charge in [-0.25, -0.2) is 0 Å². The molecule has 2 nitrogen and oxygen atoms in total. The summed E-state index contributed by atoms with van der Waals surface area (Å²) in [5.74, 6) is 0.722. The van der Waals surface area contributed by atoms with Gasteiger partial charge in [-0.3, -0.25) is 0 Å². The highest BCUT2D eigenvalue weighted by Gasteiger charge is 2.20. The van der Waals surface area contributed by atoms with E-state index in [4.69, 9.17) is 0 Å². The predicted octanol–water partition coefficient (Wildman–Crippen LogP) is 2.28. The van der Waals surface area contributed by atoms with Crippen molar-refractivity contribution in [2.45, 2.75) is 19.5 Å². The van der Waals surface area contributed by atoms with Gasteiger partial charge in [0.2, 0.25) is 0 Å². The Morgan fingerprint density at radius 3 is 2.67 bits per heavy atom. The summed E-state index contributed by atoms with van der Waals surface area (Å²) in [7, 11) is 0. The third kappa shape index (κ3) is 2.26. The molecule has 1 N–H and O–H groups in total. The number of hydrogen-bond acceptors (Lipinski definition) is 2. The predicted molar refractivity (Wildman–Crippen MR) is 53.4 cm³/mol. The minimum Gasteiger partial charge on any atom is -0.435 e. The van der Waals surface area contributed by atoms with E-state index in [-0.39, 0.29) is 5.75 Å². The van der Waals surface area contributed by atoms with Crippen molar-refractivity contribution in [3.05, 3.63) is 29.3 Å². The van der Waals surface area contributed by atoms with Crippen molar-refractivity contribution >= 4 is 0 Å². The Hall–Kier alpha value is -1.16. The summed E-state index contributed by atoms with van der Waals surface area (Å²) < 4.78 is 28.6. The van der Waals surface area contributed by atoms with Crippen LogP contribution < -0.4 is 10.1 Å². The van der Waals surface area contributed by atoms with Gasteiger partial charge < -0.3 is 10.1 Å². The van der Waals surface area contributed by atoms with Crippen LogP contribution >= 0.6 is 0 Å². The number of benzene rings is 1. The summed E-state index contributed by atoms with van der Waals surface area (Å²) >= 11 is 0. The normalized spacial score (nSPS) is 16.5. The van der Waals surface area contributed by atoms with E-state index in [1.165, 1.54) is 0 Å². The molecule has 0 radical (unpaired) electrons. The Balaban J connectivity index is 2.19. The van der Waals surface area contributed by atoms with Crippen molar-refractivity contribution in [3.63, 3.8) is 0 Å². The van der Waals surface area contributed by atoms with Gasteiger partial charge in [-0.05, 0) is 24.1 Å². The monoisotopic (exact) mass is 213 g/mol. The first-order valence-electron chi connectivity index (χ1n) is 4.93. The van der Waals surface area contributed by atoms with Gasteiger partial charge in [-0.2, -0.15) is 8.78 Å². The van der Waals surface area contributed by atoms with Crippen LogP contribution in [0.25, 0.3) is 0 Å². The van der Waals surface area contributed by atoms with E-state index < -0.39 is 6.61 Å². The molecule has 0 unspecified atom stereocenters. The zero-order chi connectivity index (χ0) is 10.8. The molecule has 2 rings (SSSR count). The Morgan fingerprint density at radius 1 is 1.40 bits per heavy atom. The van der Waals surface area contributed by atoms with Gasteiger partial charge in [0.1, 0.15) is 5.75 Å². The molecule has 4 heteroatoms. The Morgan fingerprint density at radius 2 is 2.13 bits per heavy atom. The second-order valence-corrected chi connectivity index (χ2v) is 3.76. The van der Waals surface area contributed by atoms with Gasteiger partial charge in [0.25, 0.3) is 0 Å². The van der Waals surface area contributed by atoms with E-state index in [0.29, 0.717) is 5.92 Å². The van der Waals surface area contributed by atoms with Crippen LogP contribution in [0.4, 0.5) is 8.78 Å². The molecular formula is C11H13F2NO. The molecule has 0 saturated carbocycles. The number of hydrogen-bond donors (Lipinski definition) is 1. The van der Waals surface area contributed by atoms with Gasteiger partial charge in [0.15, 0.2) is 0 Å². The lowest BCUT2D eigenvalue weighted by Crippen LogP contribution is -2.39. The molecule has 1 aliphatic heterocycles. The largest absolute Gasteiger partial charge is 0.435 e. The fraction of sp³-hybridized carbons (Fsp3) is 0.455. The number of rotatable bonds is 3. The van der Waals surface area contributed by atoms with Crippen molar-refractivity contribution in [1.29, 1.82) is 0 Å². The van der Waals surface area contributed by atoms with E-state index in [2.05, 4.69) is 10.1 Å². The molecule has 0 amide bonds. The molecule has 1 fully saturated rings. The van der Waals surface area contributed by atoms with Crippen LogP contribution in [-0.2, 0) is 0 Å². The number of halogens is 2. The summed E-state index contributed by atoms with van der Waals surface area (Å²) in [5.41, 5.74) is 1.81. The fourth-order valence-corrected chi connectivity index (χ4v) is 1.62. The lowest BCUT2D eigenvalue weighted by Gasteiger charge is -2.28. The lowest BCUT2D eigenvalue weighted by molar-refractivity contribution is -0.0503. The molecule has 0 aromatic heterocycles. The summed E-state index contributed by atoms with van der Waals surface area (Å²) in [6.07, 6.45) is 0. The van der Waals surface area contributed by atoms with E-state index in [0.717, 1.165) is 24.2 Å². The number of aryl methyl sites for hydroxylation is 1. The second kappa shape index (κ2) is 4.14. The average molecular weight is 213 g/mol. The molecule has 0 spiro atoms. The maximum Gasteiger partial charge on any atom is 0.387 e. The van der Waals surface area contributed by atoms with E-state index in [1.54, 1.807) is 13.0 Å². The summed E-state index contributed by atoms with van der Waals surface area (Å²) in [4.78, 5) is 0. The highest BCUT2D eigenvalue weighted by Crippen LogP contribution is 2.27. The zero-order valence-electron chi connectivity index (χ0n) is 8.47. The number of nitrogens with one attached hydrogen (secondary N) is 1. The van der Waals surface area contributed by atoms with Gasteiger partial charge in [-0.1, -0.05) is 12.1 Å². The quantitative estimate of drug-likeness (QED) is 0.831. The van der Waals surface area contributed by atoms with Gasteiger partial charge in [0.05, 0.1) is 0 Å². The number of alkyl halides is 2. The Kier molecular flexibility index (Phi) is 2.86. The minimum atomic E-state index is -2.75. The van der Waals surface area contributed by atoms with Crippen LogP contribution in [0.3, 0.4) is 0 Å². The first kappa shape index (κ1) is 10.4. The SMILES string of the molecule is Cc1ccc(C2CNC2)cc1OC(F)F. The molecule has 0 aliphatic carbocycles. The molecule has 0 atom stereocenters. The van der Waals surface area contributed by atoms with Gasteiger partial charge in [-0.15, -0.1) is 0 Å². The van der Waals surface area contributed by atoms with E-state index >= 15 is 0 Å². The highest BCUT2D eigenvalue weighted by atomic mass is 19.3. The van der Waals surface area contributed by atoms with Crippen molar-refractivity contribution in [2.75, 3.05) is 13.1 Å². The summed E-state index contributed by atoms with van der Waals surface area (Å²) in [6, 6.07) is 5.51. The zero-order valence-corrected chi connectivity index (χ0v) is 8.47. The second-order valence-electron chi connectivity index (χ2n) is 3.76. The summed E-state index contributed by atoms with van der Waals surface area (Å²) in [6.45, 7) is 0.841. The van der Waals surface area contributed by atoms with Crippen molar-refractivity contribution in [3.8, 4) is 5.75 Å². The van der Waals surface area contributed by atoms with Crippen LogP contribution in [0.2, 0.25) is 0 Å². The van der Waals surface area contributed by atoms with E-state index in [1.807, 2.05) is 12.1 Å². The van der Waals surface area contributed by atoms with Crippen molar-refractivity contribution < 1.29 is 13.5 Å². The van der Waals surface area contributed by atoms with Crippen molar-refractivity contribution in [2.24, 2.45) is 0 Å². The molecule has 1 aromatic rings. The third-order valence-corrected chi connectivity index (χ3v) is 2.68. The average Bonchev–Trinajstić information content (AvgIpc) is 2.07. The maximum absolute atomic E-state index is 12.1. The standard InChI is InChI=1S/C11H13F2NO/c1-7-2-3-8(9-5-14-6-9)4-10(7)15-11(12)13/h2-4,9,11,14H,5-6H2,1H3. The van der Waals surface area contributed by atoms with Gasteiger partial charge >= 0.3 is 6.61 Å². The van der Waals surface area contributed by atoms with Crippen LogP contribution in [0.15, 0.2) is 18.2 Å². The molecular weight excluding hydrogens is 200 g/mol. The molecule has 1 saturated heterocycles. The van der Waals surface area contributed by atoms with Crippen LogP contribution in [0, 0.1) is 6.92 Å².